The molecule has 4 heteroatoms. The molecule has 0 spiro atoms. The molecule has 0 aliphatic rings. The smallest absolute Gasteiger partial charge is 0.250 e. The van der Waals surface area contributed by atoms with Crippen molar-refractivity contribution in [2.75, 3.05) is 0 Å². The van der Waals surface area contributed by atoms with Crippen molar-refractivity contribution in [1.29, 1.82) is 0 Å². The number of hydrogen-bond donors (Lipinski definition) is 0. The van der Waals surface area contributed by atoms with E-state index in [1.165, 1.54) is 4.68 Å². The summed E-state index contributed by atoms with van der Waals surface area (Å²) in [5.74, 6) is 0. The van der Waals surface area contributed by atoms with E-state index in [9.17, 15) is 4.79 Å². The normalized spacial score (nSPS) is 10.8. The van der Waals surface area contributed by atoms with Crippen LogP contribution >= 0.6 is 0 Å². The molecule has 0 atom stereocenters. The van der Waals surface area contributed by atoms with E-state index >= 15 is 0 Å². The SMILES string of the molecule is CCCn1nc2ccccn2c1=O. The second kappa shape index (κ2) is 3.05. The quantitative estimate of drug-likeness (QED) is 0.683. The van der Waals surface area contributed by atoms with Crippen LogP contribution in [0.2, 0.25) is 0 Å². The van der Waals surface area contributed by atoms with Crippen LogP contribution in [0, 0.1) is 0 Å². The average molecular weight is 177 g/mol. The Morgan fingerprint density at radius 1 is 1.46 bits per heavy atom. The first kappa shape index (κ1) is 8.04. The Bertz CT molecular complexity index is 469. The number of nitrogens with zero attached hydrogens (tertiary/aromatic N) is 3. The van der Waals surface area contributed by atoms with Crippen LogP contribution in [0.15, 0.2) is 29.2 Å². The summed E-state index contributed by atoms with van der Waals surface area (Å²) in [6.45, 7) is 2.71. The highest BCUT2D eigenvalue weighted by atomic mass is 16.2. The largest absolute Gasteiger partial charge is 0.350 e. The minimum Gasteiger partial charge on any atom is -0.250 e. The molecule has 4 nitrogen and oxygen atoms in total. The van der Waals surface area contributed by atoms with Gasteiger partial charge >= 0.3 is 5.69 Å². The van der Waals surface area contributed by atoms with Crippen molar-refractivity contribution in [2.24, 2.45) is 0 Å². The van der Waals surface area contributed by atoms with E-state index < -0.39 is 0 Å². The van der Waals surface area contributed by atoms with Gasteiger partial charge in [0.15, 0.2) is 5.65 Å². The summed E-state index contributed by atoms with van der Waals surface area (Å²) in [6, 6.07) is 5.53. The third-order valence-corrected chi connectivity index (χ3v) is 1.92. The fourth-order valence-electron chi connectivity index (χ4n) is 1.33. The minimum atomic E-state index is -0.0579. The Morgan fingerprint density at radius 2 is 2.31 bits per heavy atom. The number of pyridine rings is 1. The lowest BCUT2D eigenvalue weighted by molar-refractivity contribution is 0.582. The van der Waals surface area contributed by atoms with Gasteiger partial charge in [-0.05, 0) is 18.6 Å². The topological polar surface area (TPSA) is 39.3 Å². The molecule has 0 unspecified atom stereocenters. The number of rotatable bonds is 2. The zero-order chi connectivity index (χ0) is 9.26. The van der Waals surface area contributed by atoms with Crippen molar-refractivity contribution >= 4 is 5.65 Å². The van der Waals surface area contributed by atoms with Crippen molar-refractivity contribution < 1.29 is 0 Å². The van der Waals surface area contributed by atoms with Gasteiger partial charge in [-0.2, -0.15) is 0 Å². The van der Waals surface area contributed by atoms with Crippen LogP contribution in [0.3, 0.4) is 0 Å². The molecule has 0 saturated carbocycles. The number of aromatic nitrogens is 3. The molecule has 0 N–H and O–H groups in total. The van der Waals surface area contributed by atoms with Crippen molar-refractivity contribution in [2.45, 2.75) is 19.9 Å². The molecule has 68 valence electrons. The molecule has 2 heterocycles. The standard InChI is InChI=1S/C9H11N3O/c1-2-6-12-9(13)11-7-4-3-5-8(11)10-12/h3-5,7H,2,6H2,1H3. The monoisotopic (exact) mass is 177 g/mol. The van der Waals surface area contributed by atoms with Crippen molar-refractivity contribution in [3.63, 3.8) is 0 Å². The zero-order valence-corrected chi connectivity index (χ0v) is 7.47. The Labute approximate surface area is 75.4 Å². The van der Waals surface area contributed by atoms with Gasteiger partial charge in [-0.3, -0.25) is 4.40 Å². The van der Waals surface area contributed by atoms with Crippen LogP contribution < -0.4 is 5.69 Å². The van der Waals surface area contributed by atoms with Gasteiger partial charge < -0.3 is 0 Å². The Morgan fingerprint density at radius 3 is 3.00 bits per heavy atom. The van der Waals surface area contributed by atoms with Crippen LogP contribution in [0.4, 0.5) is 0 Å². The molecular weight excluding hydrogens is 166 g/mol. The van der Waals surface area contributed by atoms with E-state index in [0.29, 0.717) is 12.2 Å². The number of hydrogen-bond acceptors (Lipinski definition) is 2. The second-order valence-electron chi connectivity index (χ2n) is 2.93. The summed E-state index contributed by atoms with van der Waals surface area (Å²) in [5, 5.41) is 4.17. The molecule has 0 bridgehead atoms. The van der Waals surface area contributed by atoms with Crippen LogP contribution in [0.5, 0.6) is 0 Å². The van der Waals surface area contributed by atoms with Crippen LogP contribution in [-0.2, 0) is 6.54 Å². The summed E-state index contributed by atoms with van der Waals surface area (Å²) in [5.41, 5.74) is 0.651. The minimum absolute atomic E-state index is 0.0579. The Kier molecular flexibility index (Phi) is 1.88. The maximum Gasteiger partial charge on any atom is 0.350 e. The molecule has 0 radical (unpaired) electrons. The third kappa shape index (κ3) is 1.24. The first-order valence-electron chi connectivity index (χ1n) is 4.37. The molecule has 2 aromatic rings. The van der Waals surface area contributed by atoms with E-state index in [2.05, 4.69) is 5.10 Å². The molecule has 0 amide bonds. The van der Waals surface area contributed by atoms with E-state index in [-0.39, 0.29) is 5.69 Å². The van der Waals surface area contributed by atoms with E-state index in [4.69, 9.17) is 0 Å². The fourth-order valence-corrected chi connectivity index (χ4v) is 1.33. The van der Waals surface area contributed by atoms with Gasteiger partial charge in [0.1, 0.15) is 0 Å². The molecule has 0 saturated heterocycles. The summed E-state index contributed by atoms with van der Waals surface area (Å²) < 4.78 is 3.05. The lowest BCUT2D eigenvalue weighted by Gasteiger charge is -1.91. The van der Waals surface area contributed by atoms with Crippen LogP contribution in [0.25, 0.3) is 5.65 Å². The van der Waals surface area contributed by atoms with E-state index in [1.54, 1.807) is 10.6 Å². The summed E-state index contributed by atoms with van der Waals surface area (Å²) in [7, 11) is 0. The second-order valence-corrected chi connectivity index (χ2v) is 2.93. The van der Waals surface area contributed by atoms with Crippen molar-refractivity contribution in [3.05, 3.63) is 34.9 Å². The fraction of sp³-hybridized carbons (Fsp3) is 0.333. The Hall–Kier alpha value is -1.58. The number of fused-ring (bicyclic) bond motifs is 1. The predicted octanol–water partition coefficient (Wildman–Crippen LogP) is 0.906. The van der Waals surface area contributed by atoms with Gasteiger partial charge in [-0.15, -0.1) is 5.10 Å². The molecular formula is C9H11N3O. The van der Waals surface area contributed by atoms with Crippen LogP contribution in [0.1, 0.15) is 13.3 Å². The lowest BCUT2D eigenvalue weighted by atomic mass is 10.5. The van der Waals surface area contributed by atoms with Gasteiger partial charge in [0.2, 0.25) is 0 Å². The lowest BCUT2D eigenvalue weighted by Crippen LogP contribution is -2.20. The first-order chi connectivity index (χ1) is 6.33. The van der Waals surface area contributed by atoms with Gasteiger partial charge in [-0.25, -0.2) is 9.48 Å². The first-order valence-corrected chi connectivity index (χ1v) is 4.37. The molecule has 0 aliphatic carbocycles. The average Bonchev–Trinajstić information content (AvgIpc) is 2.46. The maximum atomic E-state index is 11.6. The predicted molar refractivity (Wildman–Crippen MR) is 49.7 cm³/mol. The highest BCUT2D eigenvalue weighted by Gasteiger charge is 2.03. The summed E-state index contributed by atoms with van der Waals surface area (Å²) in [4.78, 5) is 11.6. The molecule has 0 fully saturated rings. The Balaban J connectivity index is 2.67. The van der Waals surface area contributed by atoms with Gasteiger partial charge in [0.05, 0.1) is 0 Å². The molecule has 2 rings (SSSR count). The summed E-state index contributed by atoms with van der Waals surface area (Å²) >= 11 is 0. The third-order valence-electron chi connectivity index (χ3n) is 1.92. The summed E-state index contributed by atoms with van der Waals surface area (Å²) in [6.07, 6.45) is 2.65. The maximum absolute atomic E-state index is 11.6. The van der Waals surface area contributed by atoms with Gasteiger partial charge in [0.25, 0.3) is 0 Å². The van der Waals surface area contributed by atoms with Gasteiger partial charge in [0, 0.05) is 12.7 Å². The molecule has 13 heavy (non-hydrogen) atoms. The molecule has 0 aromatic carbocycles. The van der Waals surface area contributed by atoms with Crippen LogP contribution in [-0.4, -0.2) is 14.2 Å². The van der Waals surface area contributed by atoms with Gasteiger partial charge in [-0.1, -0.05) is 13.0 Å². The molecule has 2 aromatic heterocycles. The highest BCUT2D eigenvalue weighted by Crippen LogP contribution is 1.95. The van der Waals surface area contributed by atoms with E-state index in [1.807, 2.05) is 25.1 Å². The highest BCUT2D eigenvalue weighted by molar-refractivity contribution is 5.35. The van der Waals surface area contributed by atoms with E-state index in [0.717, 1.165) is 6.42 Å². The number of aryl methyl sites for hydroxylation is 1. The zero-order valence-electron chi connectivity index (χ0n) is 7.47. The molecule has 0 aliphatic heterocycles. The van der Waals surface area contributed by atoms with Crippen molar-refractivity contribution in [1.82, 2.24) is 14.2 Å². The van der Waals surface area contributed by atoms with Crippen molar-refractivity contribution in [3.8, 4) is 0 Å².